The zero-order chi connectivity index (χ0) is 21.1. The minimum Gasteiger partial charge on any atom is -0.439 e. The number of hydrogen-bond acceptors (Lipinski definition) is 4. The number of nitrogens with one attached hydrogen (secondary N) is 1. The fraction of sp³-hybridized carbons (Fsp3) is 0.217. The van der Waals surface area contributed by atoms with Crippen molar-refractivity contribution < 1.29 is 13.9 Å². The van der Waals surface area contributed by atoms with Gasteiger partial charge in [0.15, 0.2) is 0 Å². The third-order valence-electron chi connectivity index (χ3n) is 5.22. The largest absolute Gasteiger partial charge is 0.439 e. The number of nitrogens with two attached hydrogens (primary N) is 1. The van der Waals surface area contributed by atoms with Crippen LogP contribution >= 0.6 is 22.6 Å². The van der Waals surface area contributed by atoms with Gasteiger partial charge in [-0.15, -0.1) is 0 Å². The smallest absolute Gasteiger partial charge is 0.251 e. The van der Waals surface area contributed by atoms with Crippen LogP contribution in [0, 0.1) is 9.52 Å². The Bertz CT molecular complexity index is 1090. The van der Waals surface area contributed by atoms with Crippen molar-refractivity contribution in [1.82, 2.24) is 10.3 Å². The van der Waals surface area contributed by atoms with Crippen molar-refractivity contribution in [2.75, 3.05) is 6.54 Å². The minimum absolute atomic E-state index is 0.201. The lowest BCUT2D eigenvalue weighted by Crippen LogP contribution is -2.21. The second-order valence-corrected chi connectivity index (χ2v) is 8.23. The molecule has 0 spiro atoms. The summed E-state index contributed by atoms with van der Waals surface area (Å²) in [5.74, 6) is 0.496. The van der Waals surface area contributed by atoms with Gasteiger partial charge in [-0.25, -0.2) is 9.37 Å². The van der Waals surface area contributed by atoms with E-state index in [1.807, 2.05) is 40.8 Å². The number of carbonyl (C=O) groups is 1. The van der Waals surface area contributed by atoms with E-state index in [0.717, 1.165) is 42.7 Å². The summed E-state index contributed by atoms with van der Waals surface area (Å²) in [5.41, 5.74) is 9.08. The maximum Gasteiger partial charge on any atom is 0.251 e. The first-order valence-electron chi connectivity index (χ1n) is 9.75. The highest BCUT2D eigenvalue weighted by molar-refractivity contribution is 14.1. The molecule has 0 aliphatic heterocycles. The average molecular weight is 517 g/mol. The maximum atomic E-state index is 13.3. The first kappa shape index (κ1) is 20.7. The van der Waals surface area contributed by atoms with Gasteiger partial charge in [-0.05, 0) is 89.4 Å². The van der Waals surface area contributed by atoms with Crippen LogP contribution in [-0.2, 0) is 12.8 Å². The van der Waals surface area contributed by atoms with Gasteiger partial charge in [-0.1, -0.05) is 24.3 Å². The van der Waals surface area contributed by atoms with Crippen molar-refractivity contribution in [3.05, 3.63) is 86.4 Å². The summed E-state index contributed by atoms with van der Waals surface area (Å²) in [6.07, 6.45) is 2.65. The molecule has 7 heteroatoms. The van der Waals surface area contributed by atoms with Crippen LogP contribution in [0.2, 0.25) is 0 Å². The fourth-order valence-corrected chi connectivity index (χ4v) is 4.47. The first-order chi connectivity index (χ1) is 14.5. The van der Waals surface area contributed by atoms with Crippen LogP contribution in [0.25, 0.3) is 0 Å². The van der Waals surface area contributed by atoms with Crippen LogP contribution in [-0.4, -0.2) is 17.4 Å². The molecule has 1 heterocycles. The Balaban J connectivity index is 1.44. The van der Waals surface area contributed by atoms with Crippen molar-refractivity contribution in [3.63, 3.8) is 0 Å². The van der Waals surface area contributed by atoms with Crippen molar-refractivity contribution >= 4 is 28.5 Å². The molecule has 2 aromatic carbocycles. The highest BCUT2D eigenvalue weighted by Gasteiger charge is 2.25. The molecule has 3 aromatic rings. The van der Waals surface area contributed by atoms with Crippen molar-refractivity contribution in [3.8, 4) is 11.6 Å². The lowest BCUT2D eigenvalue weighted by molar-refractivity contribution is 0.0999. The third kappa shape index (κ3) is 4.62. The number of rotatable bonds is 7. The summed E-state index contributed by atoms with van der Waals surface area (Å²) in [5, 5.41) is 3.58. The van der Waals surface area contributed by atoms with E-state index in [-0.39, 0.29) is 11.9 Å². The average Bonchev–Trinajstić information content (AvgIpc) is 3.12. The number of pyridine rings is 1. The van der Waals surface area contributed by atoms with Crippen molar-refractivity contribution in [2.24, 2.45) is 5.73 Å². The predicted octanol–water partition coefficient (Wildman–Crippen LogP) is 4.54. The van der Waals surface area contributed by atoms with E-state index >= 15 is 0 Å². The van der Waals surface area contributed by atoms with Gasteiger partial charge in [0.25, 0.3) is 5.91 Å². The summed E-state index contributed by atoms with van der Waals surface area (Å²) in [6.45, 7) is 0.771. The molecule has 5 nitrogen and oxygen atoms in total. The summed E-state index contributed by atoms with van der Waals surface area (Å²) in [6, 6.07) is 16.3. The SMILES string of the molecule is NC(=O)c1ccc(Oc2cccc3c2CCC3NCCc2cccc(F)c2)nc1I. The van der Waals surface area contributed by atoms with Gasteiger partial charge in [0.1, 0.15) is 15.3 Å². The molecule has 3 N–H and O–H groups in total. The standard InChI is InChI=1S/C23H21FIN3O2/c24-15-4-1-3-14(13-15)11-12-27-19-9-7-17-16(19)5-2-6-20(17)30-21-10-8-18(23(26)29)22(25)28-21/h1-6,8,10,13,19,27H,7,9,11-12H2,(H2,26,29). The van der Waals surface area contributed by atoms with Gasteiger partial charge in [-0.2, -0.15) is 0 Å². The first-order valence-corrected chi connectivity index (χ1v) is 10.8. The molecule has 0 radical (unpaired) electrons. The lowest BCUT2D eigenvalue weighted by Gasteiger charge is -2.15. The van der Waals surface area contributed by atoms with Crippen molar-refractivity contribution in [2.45, 2.75) is 25.3 Å². The van der Waals surface area contributed by atoms with Crippen LogP contribution in [0.5, 0.6) is 11.6 Å². The highest BCUT2D eigenvalue weighted by Crippen LogP contribution is 2.38. The second-order valence-electron chi connectivity index (χ2n) is 7.20. The van der Waals surface area contributed by atoms with E-state index < -0.39 is 5.91 Å². The topological polar surface area (TPSA) is 77.2 Å². The number of ether oxygens (including phenoxy) is 1. The Labute approximate surface area is 188 Å². The molecular weight excluding hydrogens is 496 g/mol. The van der Waals surface area contributed by atoms with E-state index in [9.17, 15) is 9.18 Å². The Kier molecular flexibility index (Phi) is 6.29. The number of amides is 1. The number of benzene rings is 2. The molecule has 1 aliphatic rings. The molecule has 4 rings (SSSR count). The van der Waals surface area contributed by atoms with Crippen LogP contribution in [0.15, 0.2) is 54.6 Å². The van der Waals surface area contributed by atoms with E-state index in [4.69, 9.17) is 10.5 Å². The zero-order valence-electron chi connectivity index (χ0n) is 16.2. The molecule has 30 heavy (non-hydrogen) atoms. The van der Waals surface area contributed by atoms with Crippen LogP contribution < -0.4 is 15.8 Å². The van der Waals surface area contributed by atoms with E-state index in [0.29, 0.717) is 15.1 Å². The monoisotopic (exact) mass is 517 g/mol. The van der Waals surface area contributed by atoms with Crippen LogP contribution in [0.4, 0.5) is 4.39 Å². The Morgan fingerprint density at radius 2 is 2.07 bits per heavy atom. The molecule has 1 amide bonds. The summed E-state index contributed by atoms with van der Waals surface area (Å²) < 4.78 is 19.9. The normalized spacial score (nSPS) is 15.1. The molecule has 0 saturated heterocycles. The number of primary amides is 1. The van der Waals surface area contributed by atoms with Crippen LogP contribution in [0.3, 0.4) is 0 Å². The molecule has 1 aromatic heterocycles. The Hall–Kier alpha value is -2.52. The minimum atomic E-state index is -0.508. The number of halogens is 2. The molecule has 0 fully saturated rings. The number of nitrogens with zero attached hydrogens (tertiary/aromatic N) is 1. The third-order valence-corrected chi connectivity index (χ3v) is 6.05. The summed E-state index contributed by atoms with van der Waals surface area (Å²) in [4.78, 5) is 15.7. The molecule has 1 unspecified atom stereocenters. The fourth-order valence-electron chi connectivity index (χ4n) is 3.78. The van der Waals surface area contributed by atoms with E-state index in [1.165, 1.54) is 11.6 Å². The summed E-state index contributed by atoms with van der Waals surface area (Å²) in [7, 11) is 0. The molecule has 1 atom stereocenters. The quantitative estimate of drug-likeness (QED) is 0.357. The summed E-state index contributed by atoms with van der Waals surface area (Å²) >= 11 is 1.98. The molecule has 154 valence electrons. The predicted molar refractivity (Wildman–Crippen MR) is 121 cm³/mol. The lowest BCUT2D eigenvalue weighted by atomic mass is 10.1. The molecule has 0 bridgehead atoms. The molecular formula is C23H21FIN3O2. The van der Waals surface area contributed by atoms with Gasteiger partial charge in [-0.3, -0.25) is 4.79 Å². The van der Waals surface area contributed by atoms with Crippen molar-refractivity contribution in [1.29, 1.82) is 0 Å². The molecule has 0 saturated carbocycles. The molecule has 1 aliphatic carbocycles. The van der Waals surface area contributed by atoms with E-state index in [1.54, 1.807) is 24.3 Å². The maximum absolute atomic E-state index is 13.3. The Morgan fingerprint density at radius 1 is 1.23 bits per heavy atom. The number of carbonyl (C=O) groups excluding carboxylic acids is 1. The van der Waals surface area contributed by atoms with Gasteiger partial charge < -0.3 is 15.8 Å². The van der Waals surface area contributed by atoms with Crippen LogP contribution in [0.1, 0.15) is 39.5 Å². The number of aromatic nitrogens is 1. The Morgan fingerprint density at radius 3 is 2.83 bits per heavy atom. The number of hydrogen-bond donors (Lipinski definition) is 2. The van der Waals surface area contributed by atoms with Gasteiger partial charge in [0.2, 0.25) is 5.88 Å². The van der Waals surface area contributed by atoms with Gasteiger partial charge in [0, 0.05) is 12.1 Å². The second kappa shape index (κ2) is 9.09. The van der Waals surface area contributed by atoms with E-state index in [2.05, 4.69) is 16.4 Å². The highest BCUT2D eigenvalue weighted by atomic mass is 127. The zero-order valence-corrected chi connectivity index (χ0v) is 18.4. The van der Waals surface area contributed by atoms with Gasteiger partial charge >= 0.3 is 0 Å². The number of fused-ring (bicyclic) bond motifs is 1. The van der Waals surface area contributed by atoms with Gasteiger partial charge in [0.05, 0.1) is 5.56 Å².